The Kier molecular flexibility index (Phi) is 4.69. The van der Waals surface area contributed by atoms with E-state index in [0.29, 0.717) is 15.2 Å². The molecule has 0 amide bonds. The van der Waals surface area contributed by atoms with Gasteiger partial charge in [-0.1, -0.05) is 23.7 Å². The van der Waals surface area contributed by atoms with E-state index in [9.17, 15) is 9.59 Å². The highest BCUT2D eigenvalue weighted by Gasteiger charge is 2.14. The number of rotatable bonds is 4. The lowest BCUT2D eigenvalue weighted by Gasteiger charge is -2.07. The molecule has 3 aromatic rings. The molecule has 0 saturated heterocycles. The Morgan fingerprint density at radius 1 is 1.38 bits per heavy atom. The fraction of sp³-hybridized carbons (Fsp3) is 0.235. The Labute approximate surface area is 147 Å². The summed E-state index contributed by atoms with van der Waals surface area (Å²) in [4.78, 5) is 30.5. The highest BCUT2D eigenvalue weighted by molar-refractivity contribution is 7.18. The van der Waals surface area contributed by atoms with Gasteiger partial charge >= 0.3 is 5.97 Å². The number of benzene rings is 1. The molecule has 5 nitrogen and oxygen atoms in total. The van der Waals surface area contributed by atoms with Crippen molar-refractivity contribution in [2.24, 2.45) is 0 Å². The first-order valence-electron chi connectivity index (χ1n) is 7.31. The fourth-order valence-corrected chi connectivity index (χ4v) is 3.56. The molecular weight excluding hydrogens is 348 g/mol. The third-order valence-electron chi connectivity index (χ3n) is 3.74. The average Bonchev–Trinajstić information content (AvgIpc) is 2.84. The molecule has 2 heterocycles. The zero-order valence-electron chi connectivity index (χ0n) is 13.2. The van der Waals surface area contributed by atoms with E-state index < -0.39 is 5.97 Å². The van der Waals surface area contributed by atoms with E-state index >= 15 is 0 Å². The lowest BCUT2D eigenvalue weighted by molar-refractivity contribution is -0.145. The number of carbonyl (C=O) groups is 1. The number of halogens is 1. The molecule has 0 unspecified atom stereocenters. The SMILES string of the molecule is Cc1sc2ncn(CC(=O)OCc3cccc(Cl)c3)c(=O)c2c1C. The summed E-state index contributed by atoms with van der Waals surface area (Å²) in [5.41, 5.74) is 1.48. The maximum atomic E-state index is 12.5. The van der Waals surface area contributed by atoms with E-state index in [1.54, 1.807) is 18.2 Å². The largest absolute Gasteiger partial charge is 0.459 e. The van der Waals surface area contributed by atoms with Gasteiger partial charge in [-0.3, -0.25) is 14.2 Å². The van der Waals surface area contributed by atoms with Gasteiger partial charge in [0.2, 0.25) is 0 Å². The lowest BCUT2D eigenvalue weighted by atomic mass is 10.2. The van der Waals surface area contributed by atoms with E-state index in [1.807, 2.05) is 19.9 Å². The molecule has 7 heteroatoms. The van der Waals surface area contributed by atoms with Gasteiger partial charge in [0.15, 0.2) is 0 Å². The first-order valence-corrected chi connectivity index (χ1v) is 8.50. The van der Waals surface area contributed by atoms with E-state index in [0.717, 1.165) is 16.0 Å². The molecule has 0 bridgehead atoms. The highest BCUT2D eigenvalue weighted by Crippen LogP contribution is 2.25. The van der Waals surface area contributed by atoms with Gasteiger partial charge in [0, 0.05) is 9.90 Å². The van der Waals surface area contributed by atoms with Gasteiger partial charge in [0.05, 0.1) is 11.7 Å². The Morgan fingerprint density at radius 3 is 2.92 bits per heavy atom. The number of fused-ring (bicyclic) bond motifs is 1. The van der Waals surface area contributed by atoms with Gasteiger partial charge in [-0.25, -0.2) is 4.98 Å². The molecule has 0 aliphatic heterocycles. The number of hydrogen-bond donors (Lipinski definition) is 0. The molecule has 0 radical (unpaired) electrons. The maximum Gasteiger partial charge on any atom is 0.326 e. The quantitative estimate of drug-likeness (QED) is 0.667. The van der Waals surface area contributed by atoms with Crippen LogP contribution in [0.4, 0.5) is 0 Å². The standard InChI is InChI=1S/C17H15ClN2O3S/c1-10-11(2)24-16-15(10)17(22)20(9-19-16)7-14(21)23-8-12-4-3-5-13(18)6-12/h3-6,9H,7-8H2,1-2H3. The molecule has 124 valence electrons. The molecule has 0 aliphatic carbocycles. The monoisotopic (exact) mass is 362 g/mol. The summed E-state index contributed by atoms with van der Waals surface area (Å²) in [5.74, 6) is -0.497. The van der Waals surface area contributed by atoms with Crippen molar-refractivity contribution in [1.82, 2.24) is 9.55 Å². The zero-order valence-corrected chi connectivity index (χ0v) is 14.8. The smallest absolute Gasteiger partial charge is 0.326 e. The molecular formula is C17H15ClN2O3S. The van der Waals surface area contributed by atoms with Crippen LogP contribution in [0.5, 0.6) is 0 Å². The molecule has 0 spiro atoms. The first kappa shape index (κ1) is 16.7. The Balaban J connectivity index is 1.75. The van der Waals surface area contributed by atoms with Crippen molar-refractivity contribution in [3.05, 3.63) is 62.0 Å². The number of thiophene rings is 1. The number of carbonyl (C=O) groups excluding carboxylic acids is 1. The van der Waals surface area contributed by atoms with Gasteiger partial charge in [-0.15, -0.1) is 11.3 Å². The molecule has 24 heavy (non-hydrogen) atoms. The van der Waals surface area contributed by atoms with Crippen molar-refractivity contribution >= 4 is 39.1 Å². The molecule has 0 atom stereocenters. The number of esters is 1. The Morgan fingerprint density at radius 2 is 2.17 bits per heavy atom. The molecule has 3 rings (SSSR count). The van der Waals surface area contributed by atoms with Crippen LogP contribution in [-0.2, 0) is 22.7 Å². The highest BCUT2D eigenvalue weighted by atomic mass is 35.5. The molecule has 0 N–H and O–H groups in total. The number of hydrogen-bond acceptors (Lipinski definition) is 5. The van der Waals surface area contributed by atoms with Crippen LogP contribution in [0.25, 0.3) is 10.2 Å². The van der Waals surface area contributed by atoms with Gasteiger partial charge in [0.25, 0.3) is 5.56 Å². The third kappa shape index (κ3) is 3.34. The van der Waals surface area contributed by atoms with Gasteiger partial charge in [-0.2, -0.15) is 0 Å². The summed E-state index contributed by atoms with van der Waals surface area (Å²) in [6.45, 7) is 3.78. The maximum absolute atomic E-state index is 12.5. The van der Waals surface area contributed by atoms with E-state index in [1.165, 1.54) is 22.2 Å². The van der Waals surface area contributed by atoms with Crippen LogP contribution in [0, 0.1) is 13.8 Å². The van der Waals surface area contributed by atoms with E-state index in [4.69, 9.17) is 16.3 Å². The Bertz CT molecular complexity index is 978. The fourth-order valence-electron chi connectivity index (χ4n) is 2.36. The molecule has 0 fully saturated rings. The second kappa shape index (κ2) is 6.75. The van der Waals surface area contributed by atoms with Crippen LogP contribution in [-0.4, -0.2) is 15.5 Å². The van der Waals surface area contributed by atoms with Crippen molar-refractivity contribution in [2.45, 2.75) is 27.0 Å². The Hall–Kier alpha value is -2.18. The summed E-state index contributed by atoms with van der Waals surface area (Å²) in [7, 11) is 0. The normalized spacial score (nSPS) is 11.0. The summed E-state index contributed by atoms with van der Waals surface area (Å²) in [5, 5.41) is 1.15. The summed E-state index contributed by atoms with van der Waals surface area (Å²) >= 11 is 7.37. The number of aryl methyl sites for hydroxylation is 2. The summed E-state index contributed by atoms with van der Waals surface area (Å²) in [6.07, 6.45) is 1.39. The van der Waals surface area contributed by atoms with Crippen molar-refractivity contribution in [3.63, 3.8) is 0 Å². The van der Waals surface area contributed by atoms with Gasteiger partial charge in [-0.05, 0) is 37.1 Å². The van der Waals surface area contributed by atoms with Crippen molar-refractivity contribution in [1.29, 1.82) is 0 Å². The van der Waals surface area contributed by atoms with Gasteiger partial charge in [0.1, 0.15) is 18.0 Å². The predicted octanol–water partition coefficient (Wildman–Crippen LogP) is 3.47. The van der Waals surface area contributed by atoms with Crippen LogP contribution < -0.4 is 5.56 Å². The van der Waals surface area contributed by atoms with Crippen molar-refractivity contribution < 1.29 is 9.53 Å². The minimum absolute atomic E-state index is 0.112. The second-order valence-electron chi connectivity index (χ2n) is 5.43. The minimum atomic E-state index is -0.497. The number of ether oxygens (including phenoxy) is 1. The van der Waals surface area contributed by atoms with Crippen LogP contribution in [0.15, 0.2) is 35.4 Å². The first-order chi connectivity index (χ1) is 11.5. The van der Waals surface area contributed by atoms with Crippen molar-refractivity contribution in [3.8, 4) is 0 Å². The molecule has 0 aliphatic rings. The molecule has 1 aromatic carbocycles. The van der Waals surface area contributed by atoms with Gasteiger partial charge < -0.3 is 4.74 Å². The van der Waals surface area contributed by atoms with E-state index in [2.05, 4.69) is 4.98 Å². The molecule has 0 saturated carbocycles. The predicted molar refractivity (Wildman–Crippen MR) is 94.6 cm³/mol. The lowest BCUT2D eigenvalue weighted by Crippen LogP contribution is -2.25. The topological polar surface area (TPSA) is 61.2 Å². The number of aromatic nitrogens is 2. The average molecular weight is 363 g/mol. The summed E-state index contributed by atoms with van der Waals surface area (Å²) < 4.78 is 6.49. The van der Waals surface area contributed by atoms with E-state index in [-0.39, 0.29) is 18.7 Å². The summed E-state index contributed by atoms with van der Waals surface area (Å²) in [6, 6.07) is 7.08. The van der Waals surface area contributed by atoms with Crippen LogP contribution in [0.2, 0.25) is 5.02 Å². The molecule has 2 aromatic heterocycles. The third-order valence-corrected chi connectivity index (χ3v) is 5.09. The number of nitrogens with zero attached hydrogens (tertiary/aromatic N) is 2. The minimum Gasteiger partial charge on any atom is -0.459 e. The van der Waals surface area contributed by atoms with Crippen LogP contribution >= 0.6 is 22.9 Å². The second-order valence-corrected chi connectivity index (χ2v) is 7.07. The zero-order chi connectivity index (χ0) is 17.3. The van der Waals surface area contributed by atoms with Crippen LogP contribution in [0.3, 0.4) is 0 Å². The van der Waals surface area contributed by atoms with Crippen LogP contribution in [0.1, 0.15) is 16.0 Å². The van der Waals surface area contributed by atoms with Crippen molar-refractivity contribution in [2.75, 3.05) is 0 Å².